The van der Waals surface area contributed by atoms with E-state index in [9.17, 15) is 18.0 Å². The van der Waals surface area contributed by atoms with Crippen molar-refractivity contribution in [2.45, 2.75) is 68.8 Å². The van der Waals surface area contributed by atoms with Crippen LogP contribution in [0.2, 0.25) is 5.02 Å². The lowest BCUT2D eigenvalue weighted by atomic mass is 9.95. The Bertz CT molecular complexity index is 1460. The number of anilines is 1. The largest absolute Gasteiger partial charge is 0.497 e. The highest BCUT2D eigenvalue weighted by molar-refractivity contribution is 7.92. The van der Waals surface area contributed by atoms with E-state index in [1.807, 2.05) is 37.3 Å². The van der Waals surface area contributed by atoms with Crippen LogP contribution in [-0.4, -0.2) is 57.4 Å². The third-order valence-electron chi connectivity index (χ3n) is 7.84. The molecule has 10 heteroatoms. The lowest BCUT2D eigenvalue weighted by molar-refractivity contribution is -0.140. The van der Waals surface area contributed by atoms with Crippen LogP contribution >= 0.6 is 11.6 Å². The normalized spacial score (nSPS) is 14.5. The van der Waals surface area contributed by atoms with Gasteiger partial charge in [0.2, 0.25) is 11.8 Å². The number of methoxy groups -OCH3 is 1. The molecular weight excluding hydrogens is 586 g/mol. The third-order valence-corrected chi connectivity index (χ3v) is 9.87. The zero-order valence-corrected chi connectivity index (χ0v) is 26.3. The van der Waals surface area contributed by atoms with Crippen LogP contribution in [0.15, 0.2) is 83.8 Å². The highest BCUT2D eigenvalue weighted by Gasteiger charge is 2.34. The monoisotopic (exact) mass is 625 g/mol. The van der Waals surface area contributed by atoms with Crippen LogP contribution < -0.4 is 14.4 Å². The molecule has 1 fully saturated rings. The Morgan fingerprint density at radius 3 is 2.30 bits per heavy atom. The maximum Gasteiger partial charge on any atom is 0.264 e. The van der Waals surface area contributed by atoms with Gasteiger partial charge in [-0.2, -0.15) is 0 Å². The van der Waals surface area contributed by atoms with Gasteiger partial charge in [-0.25, -0.2) is 8.42 Å². The molecule has 0 spiro atoms. The van der Waals surface area contributed by atoms with Crippen LogP contribution in [0.25, 0.3) is 0 Å². The molecule has 0 radical (unpaired) electrons. The Morgan fingerprint density at radius 2 is 1.67 bits per heavy atom. The van der Waals surface area contributed by atoms with E-state index >= 15 is 0 Å². The summed E-state index contributed by atoms with van der Waals surface area (Å²) in [5.41, 5.74) is 1.26. The first kappa shape index (κ1) is 32.4. The molecule has 0 heterocycles. The second-order valence-corrected chi connectivity index (χ2v) is 13.1. The predicted molar refractivity (Wildman–Crippen MR) is 170 cm³/mol. The molecule has 1 atom stereocenters. The van der Waals surface area contributed by atoms with Crippen molar-refractivity contribution >= 4 is 39.1 Å². The zero-order valence-electron chi connectivity index (χ0n) is 24.7. The molecular formula is C33H40ClN3O5S. The maximum absolute atomic E-state index is 14.2. The molecule has 8 nitrogen and oxygen atoms in total. The summed E-state index contributed by atoms with van der Waals surface area (Å²) in [7, 11) is -2.70. The zero-order chi connectivity index (χ0) is 30.8. The van der Waals surface area contributed by atoms with E-state index in [-0.39, 0.29) is 29.1 Å². The summed E-state index contributed by atoms with van der Waals surface area (Å²) >= 11 is 6.26. The molecule has 1 aliphatic rings. The number of benzene rings is 3. The summed E-state index contributed by atoms with van der Waals surface area (Å²) in [6, 6.07) is 21.4. The first-order valence-electron chi connectivity index (χ1n) is 14.8. The number of halogens is 1. The number of amides is 2. The molecule has 1 unspecified atom stereocenters. The quantitative estimate of drug-likeness (QED) is 0.257. The highest BCUT2D eigenvalue weighted by atomic mass is 35.5. The Kier molecular flexibility index (Phi) is 11.5. The Labute approximate surface area is 260 Å². The lowest BCUT2D eigenvalue weighted by Crippen LogP contribution is -2.54. The highest BCUT2D eigenvalue weighted by Crippen LogP contribution is 2.28. The van der Waals surface area contributed by atoms with E-state index in [2.05, 4.69) is 5.32 Å². The van der Waals surface area contributed by atoms with Gasteiger partial charge in [0, 0.05) is 17.6 Å². The summed E-state index contributed by atoms with van der Waals surface area (Å²) in [6.07, 6.45) is 6.04. The van der Waals surface area contributed by atoms with Crippen molar-refractivity contribution in [1.82, 2.24) is 10.2 Å². The lowest BCUT2D eigenvalue weighted by Gasteiger charge is -2.34. The SMILES string of the molecule is CCC(C(=O)NC1CCCCC1)N(CCc1ccccc1)C(=O)CN(c1cccc(Cl)c1)S(=O)(=O)c1ccc(OC)cc1. The number of nitrogens with one attached hydrogen (secondary N) is 1. The summed E-state index contributed by atoms with van der Waals surface area (Å²) in [5.74, 6) is -0.173. The van der Waals surface area contributed by atoms with Crippen LogP contribution in [0.4, 0.5) is 5.69 Å². The molecule has 43 heavy (non-hydrogen) atoms. The molecule has 1 N–H and O–H groups in total. The Hall–Kier alpha value is -3.56. The fraction of sp³-hybridized carbons (Fsp3) is 0.394. The second kappa shape index (κ2) is 15.3. The van der Waals surface area contributed by atoms with Gasteiger partial charge in [0.05, 0.1) is 17.7 Å². The average Bonchev–Trinajstić information content (AvgIpc) is 3.02. The average molecular weight is 626 g/mol. The van der Waals surface area contributed by atoms with Gasteiger partial charge in [-0.05, 0) is 73.7 Å². The van der Waals surface area contributed by atoms with Crippen LogP contribution in [0, 0.1) is 0 Å². The fourth-order valence-corrected chi connectivity index (χ4v) is 7.07. The van der Waals surface area contributed by atoms with E-state index in [4.69, 9.17) is 16.3 Å². The summed E-state index contributed by atoms with van der Waals surface area (Å²) in [4.78, 5) is 29.3. The van der Waals surface area contributed by atoms with Crippen LogP contribution in [0.5, 0.6) is 5.75 Å². The Balaban J connectivity index is 1.67. The van der Waals surface area contributed by atoms with E-state index in [1.54, 1.807) is 30.3 Å². The van der Waals surface area contributed by atoms with Crippen molar-refractivity contribution in [2.24, 2.45) is 0 Å². The van der Waals surface area contributed by atoms with Gasteiger partial charge in [0.1, 0.15) is 18.3 Å². The topological polar surface area (TPSA) is 96.0 Å². The molecule has 2 amide bonds. The number of hydrogen-bond donors (Lipinski definition) is 1. The number of carbonyl (C=O) groups excluding carboxylic acids is 2. The first-order chi connectivity index (χ1) is 20.7. The molecule has 1 aliphatic carbocycles. The molecule has 3 aromatic rings. The molecule has 1 saturated carbocycles. The van der Waals surface area contributed by atoms with Crippen LogP contribution in [0.1, 0.15) is 51.0 Å². The van der Waals surface area contributed by atoms with Crippen molar-refractivity contribution in [1.29, 1.82) is 0 Å². The van der Waals surface area contributed by atoms with E-state index in [1.165, 1.54) is 30.2 Å². The molecule has 0 aromatic heterocycles. The van der Waals surface area contributed by atoms with Gasteiger partial charge in [0.15, 0.2) is 0 Å². The van der Waals surface area contributed by atoms with Gasteiger partial charge in [-0.3, -0.25) is 13.9 Å². The number of nitrogens with zero attached hydrogens (tertiary/aromatic N) is 2. The van der Waals surface area contributed by atoms with Gasteiger partial charge < -0.3 is 15.0 Å². The number of ether oxygens (including phenoxy) is 1. The van der Waals surface area contributed by atoms with E-state index < -0.39 is 28.5 Å². The molecule has 0 saturated heterocycles. The maximum atomic E-state index is 14.2. The molecule has 3 aromatic carbocycles. The Morgan fingerprint density at radius 1 is 0.977 bits per heavy atom. The van der Waals surface area contributed by atoms with Gasteiger partial charge in [-0.15, -0.1) is 0 Å². The summed E-state index contributed by atoms with van der Waals surface area (Å²) in [5, 5.41) is 3.50. The second-order valence-electron chi connectivity index (χ2n) is 10.8. The van der Waals surface area contributed by atoms with Gasteiger partial charge in [0.25, 0.3) is 10.0 Å². The van der Waals surface area contributed by atoms with Gasteiger partial charge in [-0.1, -0.05) is 74.2 Å². The van der Waals surface area contributed by atoms with Crippen molar-refractivity contribution in [3.05, 3.63) is 89.4 Å². The number of rotatable bonds is 13. The van der Waals surface area contributed by atoms with E-state index in [0.717, 1.165) is 42.0 Å². The number of carbonyl (C=O) groups is 2. The van der Waals surface area contributed by atoms with Crippen LogP contribution in [-0.2, 0) is 26.0 Å². The summed E-state index contributed by atoms with van der Waals surface area (Å²) < 4.78 is 34.3. The minimum Gasteiger partial charge on any atom is -0.497 e. The van der Waals surface area contributed by atoms with Crippen molar-refractivity contribution in [3.8, 4) is 5.75 Å². The predicted octanol–water partition coefficient (Wildman–Crippen LogP) is 5.84. The van der Waals surface area contributed by atoms with Gasteiger partial charge >= 0.3 is 0 Å². The molecule has 0 aliphatic heterocycles. The minimum absolute atomic E-state index is 0.000931. The standard InChI is InChI=1S/C33H40ClN3O5S/c1-3-31(33(39)35-27-14-8-5-9-15-27)36(22-21-25-11-6-4-7-12-25)32(38)24-37(28-16-10-13-26(34)23-28)43(40,41)30-19-17-29(42-2)18-20-30/h4,6-7,10-13,16-20,23,27,31H,3,5,8-9,14-15,21-22,24H2,1-2H3,(H,35,39). The third kappa shape index (κ3) is 8.51. The molecule has 230 valence electrons. The van der Waals surface area contributed by atoms with Crippen molar-refractivity contribution < 1.29 is 22.7 Å². The van der Waals surface area contributed by atoms with Crippen LogP contribution in [0.3, 0.4) is 0 Å². The fourth-order valence-electron chi connectivity index (χ4n) is 5.48. The summed E-state index contributed by atoms with van der Waals surface area (Å²) in [6.45, 7) is 1.62. The first-order valence-corrected chi connectivity index (χ1v) is 16.6. The smallest absolute Gasteiger partial charge is 0.264 e. The number of hydrogen-bond acceptors (Lipinski definition) is 5. The molecule has 0 bridgehead atoms. The van der Waals surface area contributed by atoms with Crippen molar-refractivity contribution in [3.63, 3.8) is 0 Å². The molecule has 4 rings (SSSR count). The minimum atomic E-state index is -4.20. The number of sulfonamides is 1. The van der Waals surface area contributed by atoms with Crippen molar-refractivity contribution in [2.75, 3.05) is 24.5 Å². The van der Waals surface area contributed by atoms with E-state index in [0.29, 0.717) is 23.6 Å².